The second-order valence-corrected chi connectivity index (χ2v) is 3.46. The summed E-state index contributed by atoms with van der Waals surface area (Å²) in [6.07, 6.45) is 1.77. The maximum atomic E-state index is 8.74. The lowest BCUT2D eigenvalue weighted by atomic mass is 10.2. The van der Waals surface area contributed by atoms with Gasteiger partial charge in [0, 0.05) is 35.4 Å². The normalized spacial score (nSPS) is 10.4. The second kappa shape index (κ2) is 2.85. The standard InChI is InChI=1S/C11H11N3/c1-7-10-4-9(5-12)13-6-11(10)8(2)14(7)3/h4,6H,1-3H3. The van der Waals surface area contributed by atoms with Crippen LogP contribution in [0.25, 0.3) is 10.8 Å². The van der Waals surface area contributed by atoms with Gasteiger partial charge in [-0.3, -0.25) is 0 Å². The summed E-state index contributed by atoms with van der Waals surface area (Å²) in [5.74, 6) is 0. The lowest BCUT2D eigenvalue weighted by Gasteiger charge is -1.97. The van der Waals surface area contributed by atoms with Crippen LogP contribution in [0.2, 0.25) is 0 Å². The lowest BCUT2D eigenvalue weighted by Crippen LogP contribution is -1.91. The number of fused-ring (bicyclic) bond motifs is 1. The molecule has 0 aromatic carbocycles. The van der Waals surface area contributed by atoms with E-state index in [1.54, 1.807) is 6.20 Å². The van der Waals surface area contributed by atoms with Crippen LogP contribution in [0.4, 0.5) is 0 Å². The van der Waals surface area contributed by atoms with Crippen LogP contribution in [0.15, 0.2) is 12.3 Å². The first-order chi connectivity index (χ1) is 6.65. The SMILES string of the molecule is Cc1c2cnc(C#N)cc2c(C)n1C. The molecule has 0 N–H and O–H groups in total. The minimum Gasteiger partial charge on any atom is -0.351 e. The van der Waals surface area contributed by atoms with Crippen molar-refractivity contribution in [1.82, 2.24) is 9.55 Å². The summed E-state index contributed by atoms with van der Waals surface area (Å²) in [6, 6.07) is 3.90. The molecule has 2 rings (SSSR count). The van der Waals surface area contributed by atoms with E-state index in [-0.39, 0.29) is 0 Å². The van der Waals surface area contributed by atoms with Crippen molar-refractivity contribution < 1.29 is 0 Å². The van der Waals surface area contributed by atoms with Crippen molar-refractivity contribution in [3.8, 4) is 6.07 Å². The van der Waals surface area contributed by atoms with Gasteiger partial charge in [-0.2, -0.15) is 5.26 Å². The van der Waals surface area contributed by atoms with E-state index >= 15 is 0 Å². The maximum absolute atomic E-state index is 8.74. The molecule has 0 fully saturated rings. The molecule has 0 aliphatic carbocycles. The fourth-order valence-corrected chi connectivity index (χ4v) is 1.72. The Bertz CT molecular complexity index is 544. The minimum atomic E-state index is 0.478. The van der Waals surface area contributed by atoms with E-state index in [1.165, 1.54) is 11.4 Å². The van der Waals surface area contributed by atoms with Crippen LogP contribution in [0.3, 0.4) is 0 Å². The molecule has 0 saturated heterocycles. The zero-order chi connectivity index (χ0) is 10.3. The van der Waals surface area contributed by atoms with E-state index in [2.05, 4.69) is 29.5 Å². The quantitative estimate of drug-likeness (QED) is 0.630. The Morgan fingerprint density at radius 3 is 2.57 bits per heavy atom. The van der Waals surface area contributed by atoms with Gasteiger partial charge in [0.05, 0.1) is 0 Å². The smallest absolute Gasteiger partial charge is 0.141 e. The number of aromatic nitrogens is 2. The molecule has 2 aromatic rings. The number of aryl methyl sites for hydroxylation is 2. The molecule has 0 aliphatic heterocycles. The van der Waals surface area contributed by atoms with Crippen molar-refractivity contribution in [1.29, 1.82) is 5.26 Å². The number of nitrogens with zero attached hydrogens (tertiary/aromatic N) is 3. The van der Waals surface area contributed by atoms with Crippen LogP contribution in [0.5, 0.6) is 0 Å². The minimum absolute atomic E-state index is 0.478. The second-order valence-electron chi connectivity index (χ2n) is 3.46. The van der Waals surface area contributed by atoms with Crippen molar-refractivity contribution in [2.45, 2.75) is 13.8 Å². The molecule has 2 heterocycles. The summed E-state index contributed by atoms with van der Waals surface area (Å²) < 4.78 is 2.12. The summed E-state index contributed by atoms with van der Waals surface area (Å²) in [5.41, 5.74) is 2.84. The summed E-state index contributed by atoms with van der Waals surface area (Å²) in [7, 11) is 2.02. The molecule has 0 unspecified atom stereocenters. The number of hydrogen-bond donors (Lipinski definition) is 0. The largest absolute Gasteiger partial charge is 0.351 e. The molecule has 0 aliphatic rings. The molecular weight excluding hydrogens is 174 g/mol. The molecular formula is C11H11N3. The summed E-state index contributed by atoms with van der Waals surface area (Å²) in [4.78, 5) is 4.07. The monoisotopic (exact) mass is 185 g/mol. The highest BCUT2D eigenvalue weighted by atomic mass is 15.0. The van der Waals surface area contributed by atoms with Gasteiger partial charge in [0.1, 0.15) is 11.8 Å². The Kier molecular flexibility index (Phi) is 1.78. The van der Waals surface area contributed by atoms with Crippen molar-refractivity contribution >= 4 is 10.8 Å². The van der Waals surface area contributed by atoms with Crippen LogP contribution >= 0.6 is 0 Å². The van der Waals surface area contributed by atoms with Gasteiger partial charge < -0.3 is 4.57 Å². The summed E-state index contributed by atoms with van der Waals surface area (Å²) in [5, 5.41) is 11.0. The Balaban J connectivity index is 2.91. The van der Waals surface area contributed by atoms with E-state index in [1.807, 2.05) is 13.1 Å². The third-order valence-electron chi connectivity index (χ3n) is 2.80. The van der Waals surface area contributed by atoms with E-state index < -0.39 is 0 Å². The highest BCUT2D eigenvalue weighted by Crippen LogP contribution is 2.23. The Hall–Kier alpha value is -1.82. The fraction of sp³-hybridized carbons (Fsp3) is 0.273. The molecule has 2 aromatic heterocycles. The fourth-order valence-electron chi connectivity index (χ4n) is 1.72. The molecule has 0 amide bonds. The van der Waals surface area contributed by atoms with Gasteiger partial charge in [-0.1, -0.05) is 0 Å². The molecule has 0 radical (unpaired) electrons. The molecule has 0 saturated carbocycles. The molecule has 3 heteroatoms. The summed E-state index contributed by atoms with van der Waals surface area (Å²) in [6.45, 7) is 4.11. The number of rotatable bonds is 0. The predicted octanol–water partition coefficient (Wildman–Crippen LogP) is 2.06. The zero-order valence-electron chi connectivity index (χ0n) is 8.50. The first-order valence-corrected chi connectivity index (χ1v) is 4.47. The third-order valence-corrected chi connectivity index (χ3v) is 2.80. The van der Waals surface area contributed by atoms with Crippen molar-refractivity contribution in [2.24, 2.45) is 7.05 Å². The van der Waals surface area contributed by atoms with Gasteiger partial charge in [-0.05, 0) is 19.9 Å². The average molecular weight is 185 g/mol. The van der Waals surface area contributed by atoms with Gasteiger partial charge in [0.2, 0.25) is 0 Å². The number of pyridine rings is 1. The summed E-state index contributed by atoms with van der Waals surface area (Å²) >= 11 is 0. The molecule has 14 heavy (non-hydrogen) atoms. The highest BCUT2D eigenvalue weighted by Gasteiger charge is 2.08. The Labute approximate surface area is 82.6 Å². The van der Waals surface area contributed by atoms with E-state index in [4.69, 9.17) is 5.26 Å². The zero-order valence-corrected chi connectivity index (χ0v) is 8.50. The van der Waals surface area contributed by atoms with E-state index in [0.717, 1.165) is 10.8 Å². The van der Waals surface area contributed by atoms with Crippen molar-refractivity contribution in [2.75, 3.05) is 0 Å². The van der Waals surface area contributed by atoms with Gasteiger partial charge in [0.15, 0.2) is 0 Å². The lowest BCUT2D eigenvalue weighted by molar-refractivity contribution is 0.851. The van der Waals surface area contributed by atoms with E-state index in [9.17, 15) is 0 Å². The van der Waals surface area contributed by atoms with Crippen molar-refractivity contribution in [3.63, 3.8) is 0 Å². The van der Waals surface area contributed by atoms with Gasteiger partial charge >= 0.3 is 0 Å². The van der Waals surface area contributed by atoms with Gasteiger partial charge in [0.25, 0.3) is 0 Å². The molecule has 0 bridgehead atoms. The first-order valence-electron chi connectivity index (χ1n) is 4.47. The van der Waals surface area contributed by atoms with Crippen LogP contribution in [-0.4, -0.2) is 9.55 Å². The predicted molar refractivity (Wildman–Crippen MR) is 54.9 cm³/mol. The van der Waals surface area contributed by atoms with Crippen molar-refractivity contribution in [3.05, 3.63) is 29.3 Å². The Morgan fingerprint density at radius 1 is 1.29 bits per heavy atom. The molecule has 70 valence electrons. The molecule has 0 atom stereocenters. The van der Waals surface area contributed by atoms with Crippen LogP contribution in [0.1, 0.15) is 17.1 Å². The Morgan fingerprint density at radius 2 is 1.93 bits per heavy atom. The molecule has 3 nitrogen and oxygen atoms in total. The third kappa shape index (κ3) is 1.01. The number of hydrogen-bond acceptors (Lipinski definition) is 2. The van der Waals surface area contributed by atoms with Crippen LogP contribution in [-0.2, 0) is 7.05 Å². The van der Waals surface area contributed by atoms with E-state index in [0.29, 0.717) is 5.69 Å². The highest BCUT2D eigenvalue weighted by molar-refractivity contribution is 5.88. The van der Waals surface area contributed by atoms with Crippen LogP contribution < -0.4 is 0 Å². The molecule has 0 spiro atoms. The van der Waals surface area contributed by atoms with Gasteiger partial charge in [-0.15, -0.1) is 0 Å². The number of nitriles is 1. The van der Waals surface area contributed by atoms with Gasteiger partial charge in [-0.25, -0.2) is 4.98 Å². The first kappa shape index (κ1) is 8.76. The van der Waals surface area contributed by atoms with Crippen LogP contribution in [0, 0.1) is 25.2 Å². The average Bonchev–Trinajstić information content (AvgIpc) is 2.44. The maximum Gasteiger partial charge on any atom is 0.141 e. The topological polar surface area (TPSA) is 41.6 Å².